The molecule has 2 atom stereocenters. The minimum Gasteiger partial charge on any atom is -0.480 e. The number of rotatable bonds is 6. The van der Waals surface area contributed by atoms with Crippen molar-refractivity contribution < 1.29 is 9.90 Å². The van der Waals surface area contributed by atoms with Crippen LogP contribution in [-0.2, 0) is 11.3 Å². The molecule has 9 nitrogen and oxygen atoms in total. The molecule has 1 aromatic heterocycles. The maximum atomic E-state index is 12.2. The number of nitrogens with one attached hydrogen (secondary N) is 3. The number of aromatic nitrogens is 3. The summed E-state index contributed by atoms with van der Waals surface area (Å²) in [6, 6.07) is 9.37. The third-order valence-corrected chi connectivity index (χ3v) is 5.78. The normalized spacial score (nSPS) is 23.9. The van der Waals surface area contributed by atoms with Gasteiger partial charge in [-0.2, -0.15) is 5.10 Å². The van der Waals surface area contributed by atoms with Crippen LogP contribution in [0.2, 0.25) is 0 Å². The van der Waals surface area contributed by atoms with Crippen molar-refractivity contribution in [1.82, 2.24) is 30.5 Å². The Labute approximate surface area is 162 Å². The van der Waals surface area contributed by atoms with Gasteiger partial charge < -0.3 is 10.0 Å². The first-order valence-corrected chi connectivity index (χ1v) is 9.74. The summed E-state index contributed by atoms with van der Waals surface area (Å²) in [6.45, 7) is 3.68. The standard InChI is InChI=1S/C19H26N6O3/c26-18(27)16-15(10-20-21-16)12-24-8-6-14(7-9-24)17-22-23-19(28)25(17)11-13-4-2-1-3-5-13/h1-5,14-16,20-21H,6-12H2,(H,23,28)(H,26,27). The van der Waals surface area contributed by atoms with Crippen LogP contribution in [0.3, 0.4) is 0 Å². The van der Waals surface area contributed by atoms with E-state index >= 15 is 0 Å². The molecule has 3 heterocycles. The highest BCUT2D eigenvalue weighted by Crippen LogP contribution is 2.27. The van der Waals surface area contributed by atoms with Crippen LogP contribution in [-0.4, -0.2) is 63.0 Å². The predicted molar refractivity (Wildman–Crippen MR) is 103 cm³/mol. The van der Waals surface area contributed by atoms with E-state index < -0.39 is 12.0 Å². The second-order valence-electron chi connectivity index (χ2n) is 7.63. The summed E-state index contributed by atoms with van der Waals surface area (Å²) in [5, 5.41) is 16.2. The van der Waals surface area contributed by atoms with E-state index in [0.29, 0.717) is 13.1 Å². The van der Waals surface area contributed by atoms with E-state index in [4.69, 9.17) is 0 Å². The summed E-state index contributed by atoms with van der Waals surface area (Å²) in [6.07, 6.45) is 1.81. The lowest BCUT2D eigenvalue weighted by Crippen LogP contribution is -2.44. The van der Waals surface area contributed by atoms with Crippen molar-refractivity contribution >= 4 is 5.97 Å². The summed E-state index contributed by atoms with van der Waals surface area (Å²) in [7, 11) is 0. The molecule has 0 aliphatic carbocycles. The van der Waals surface area contributed by atoms with Gasteiger partial charge in [-0.1, -0.05) is 30.3 Å². The lowest BCUT2D eigenvalue weighted by molar-refractivity contribution is -0.140. The van der Waals surface area contributed by atoms with Crippen molar-refractivity contribution in [3.8, 4) is 0 Å². The Hall–Kier alpha value is -2.49. The van der Waals surface area contributed by atoms with Crippen molar-refractivity contribution in [2.75, 3.05) is 26.2 Å². The minimum atomic E-state index is -0.814. The number of H-pyrrole nitrogens is 1. The fraction of sp³-hybridized carbons (Fsp3) is 0.526. The predicted octanol–water partition coefficient (Wildman–Crippen LogP) is -0.0237. The third-order valence-electron chi connectivity index (χ3n) is 5.78. The lowest BCUT2D eigenvalue weighted by atomic mass is 9.94. The van der Waals surface area contributed by atoms with Crippen molar-refractivity contribution in [2.45, 2.75) is 31.3 Å². The third kappa shape index (κ3) is 4.01. The average Bonchev–Trinajstić information content (AvgIpc) is 3.31. The molecule has 28 heavy (non-hydrogen) atoms. The van der Waals surface area contributed by atoms with Crippen LogP contribution in [0.15, 0.2) is 35.1 Å². The molecule has 0 spiro atoms. The summed E-state index contributed by atoms with van der Waals surface area (Å²) in [5.41, 5.74) is 6.69. The maximum absolute atomic E-state index is 12.2. The van der Waals surface area contributed by atoms with Gasteiger partial charge in [0, 0.05) is 24.9 Å². The number of hydrogen-bond donors (Lipinski definition) is 4. The largest absolute Gasteiger partial charge is 0.480 e. The molecule has 150 valence electrons. The zero-order valence-electron chi connectivity index (χ0n) is 15.7. The number of carbonyl (C=O) groups is 1. The highest BCUT2D eigenvalue weighted by atomic mass is 16.4. The number of aliphatic carboxylic acids is 1. The number of carboxylic acid groups (broad SMARTS) is 1. The fourth-order valence-corrected chi connectivity index (χ4v) is 4.23. The highest BCUT2D eigenvalue weighted by Gasteiger charge is 2.35. The van der Waals surface area contributed by atoms with Gasteiger partial charge in [0.25, 0.3) is 0 Å². The molecule has 2 fully saturated rings. The molecule has 9 heteroatoms. The first kappa shape index (κ1) is 18.9. The summed E-state index contributed by atoms with van der Waals surface area (Å²) >= 11 is 0. The number of carboxylic acids is 1. The maximum Gasteiger partial charge on any atom is 0.343 e. The van der Waals surface area contributed by atoms with Gasteiger partial charge in [0.15, 0.2) is 0 Å². The smallest absolute Gasteiger partial charge is 0.343 e. The number of hydrogen-bond acceptors (Lipinski definition) is 6. The molecule has 0 amide bonds. The van der Waals surface area contributed by atoms with Crippen LogP contribution < -0.4 is 16.5 Å². The molecule has 0 radical (unpaired) electrons. The average molecular weight is 386 g/mol. The number of likely N-dealkylation sites (tertiary alicyclic amines) is 1. The topological polar surface area (TPSA) is 115 Å². The van der Waals surface area contributed by atoms with E-state index in [-0.39, 0.29) is 17.5 Å². The molecule has 0 bridgehead atoms. The first-order chi connectivity index (χ1) is 13.6. The quantitative estimate of drug-likeness (QED) is 0.551. The van der Waals surface area contributed by atoms with Crippen LogP contribution in [0.25, 0.3) is 0 Å². The number of hydrazine groups is 1. The van der Waals surface area contributed by atoms with Crippen LogP contribution in [0.1, 0.15) is 30.1 Å². The van der Waals surface area contributed by atoms with Crippen LogP contribution in [0.4, 0.5) is 0 Å². The minimum absolute atomic E-state index is 0.0516. The first-order valence-electron chi connectivity index (χ1n) is 9.74. The Morgan fingerprint density at radius 1 is 1.21 bits per heavy atom. The highest BCUT2D eigenvalue weighted by molar-refractivity contribution is 5.74. The summed E-state index contributed by atoms with van der Waals surface area (Å²) in [5.74, 6) is 0.289. The van der Waals surface area contributed by atoms with Crippen molar-refractivity contribution in [1.29, 1.82) is 0 Å². The molecule has 2 saturated heterocycles. The van der Waals surface area contributed by atoms with E-state index in [2.05, 4.69) is 25.9 Å². The molecule has 2 aliphatic heterocycles. The Kier molecular flexibility index (Phi) is 5.56. The van der Waals surface area contributed by atoms with Crippen LogP contribution in [0, 0.1) is 5.92 Å². The van der Waals surface area contributed by atoms with Crippen molar-refractivity contribution in [3.05, 3.63) is 52.2 Å². The molecule has 2 aromatic rings. The van der Waals surface area contributed by atoms with Gasteiger partial charge in [-0.25, -0.2) is 15.3 Å². The van der Waals surface area contributed by atoms with Crippen molar-refractivity contribution in [2.24, 2.45) is 5.92 Å². The molecule has 2 unspecified atom stereocenters. The van der Waals surface area contributed by atoms with Gasteiger partial charge in [-0.3, -0.25) is 14.8 Å². The lowest BCUT2D eigenvalue weighted by Gasteiger charge is -2.33. The van der Waals surface area contributed by atoms with Gasteiger partial charge in [-0.15, -0.1) is 0 Å². The van der Waals surface area contributed by atoms with E-state index in [9.17, 15) is 14.7 Å². The monoisotopic (exact) mass is 386 g/mol. The number of nitrogens with zero attached hydrogens (tertiary/aromatic N) is 3. The molecule has 0 saturated carbocycles. The Morgan fingerprint density at radius 3 is 2.68 bits per heavy atom. The molecule has 2 aliphatic rings. The van der Waals surface area contributed by atoms with Gasteiger partial charge >= 0.3 is 11.7 Å². The molecule has 4 N–H and O–H groups in total. The van der Waals surface area contributed by atoms with Gasteiger partial charge in [-0.05, 0) is 31.5 Å². The van der Waals surface area contributed by atoms with E-state index in [0.717, 1.165) is 43.9 Å². The molecular formula is C19H26N6O3. The van der Waals surface area contributed by atoms with Crippen LogP contribution >= 0.6 is 0 Å². The van der Waals surface area contributed by atoms with Crippen LogP contribution in [0.5, 0.6) is 0 Å². The fourth-order valence-electron chi connectivity index (χ4n) is 4.23. The van der Waals surface area contributed by atoms with Gasteiger partial charge in [0.2, 0.25) is 0 Å². The van der Waals surface area contributed by atoms with Gasteiger partial charge in [0.1, 0.15) is 11.9 Å². The zero-order chi connectivity index (χ0) is 19.5. The zero-order valence-corrected chi connectivity index (χ0v) is 15.7. The van der Waals surface area contributed by atoms with E-state index in [1.807, 2.05) is 30.3 Å². The number of piperidine rings is 1. The summed E-state index contributed by atoms with van der Waals surface area (Å²) in [4.78, 5) is 25.9. The van der Waals surface area contributed by atoms with Gasteiger partial charge in [0.05, 0.1) is 6.54 Å². The SMILES string of the molecule is O=C(O)C1NNCC1CN1CCC(c2n[nH]c(=O)n2Cc2ccccc2)CC1. The Bertz CT molecular complexity index is 856. The molecular weight excluding hydrogens is 360 g/mol. The number of aromatic amines is 1. The van der Waals surface area contributed by atoms with E-state index in [1.54, 1.807) is 4.57 Å². The van der Waals surface area contributed by atoms with Crippen molar-refractivity contribution in [3.63, 3.8) is 0 Å². The molecule has 4 rings (SSSR count). The second-order valence-corrected chi connectivity index (χ2v) is 7.63. The molecule has 1 aromatic carbocycles. The Morgan fingerprint density at radius 2 is 1.96 bits per heavy atom. The summed E-state index contributed by atoms with van der Waals surface area (Å²) < 4.78 is 1.74. The Balaban J connectivity index is 1.38. The number of benzene rings is 1. The van der Waals surface area contributed by atoms with E-state index in [1.165, 1.54) is 0 Å². The second kappa shape index (κ2) is 8.26.